The Labute approximate surface area is 349 Å². The molecule has 5 heteroatoms. The van der Waals surface area contributed by atoms with Gasteiger partial charge in [-0.15, -0.1) is 11.3 Å². The number of thiophene rings is 1. The summed E-state index contributed by atoms with van der Waals surface area (Å²) >= 11 is 1.84. The lowest BCUT2D eigenvalue weighted by molar-refractivity contribution is 0.670. The van der Waals surface area contributed by atoms with Crippen molar-refractivity contribution in [3.8, 4) is 67.3 Å². The Kier molecular flexibility index (Phi) is 8.00. The number of hydrogen-bond donors (Lipinski definition) is 0. The Morgan fingerprint density at radius 1 is 0.400 bits per heavy atom. The number of benzene rings is 8. The molecule has 0 saturated heterocycles. The van der Waals surface area contributed by atoms with Crippen molar-refractivity contribution in [1.82, 2.24) is 15.0 Å². The molecule has 0 spiro atoms. The normalized spacial score (nSPS) is 11.7. The van der Waals surface area contributed by atoms with Crippen LogP contribution >= 0.6 is 11.3 Å². The number of fused-ring (bicyclic) bond motifs is 7. The van der Waals surface area contributed by atoms with Gasteiger partial charge >= 0.3 is 0 Å². The third-order valence-electron chi connectivity index (χ3n) is 11.6. The van der Waals surface area contributed by atoms with E-state index in [1.54, 1.807) is 0 Å². The number of furan rings is 1. The van der Waals surface area contributed by atoms with Gasteiger partial charge in [-0.3, -0.25) is 4.98 Å². The van der Waals surface area contributed by atoms with Crippen molar-refractivity contribution in [2.24, 2.45) is 0 Å². The van der Waals surface area contributed by atoms with Crippen molar-refractivity contribution in [3.05, 3.63) is 200 Å². The van der Waals surface area contributed by atoms with Crippen LogP contribution in [-0.2, 0) is 0 Å². The first-order valence-corrected chi connectivity index (χ1v) is 20.9. The Bertz CT molecular complexity index is 3580. The molecule has 4 nitrogen and oxygen atoms in total. The summed E-state index contributed by atoms with van der Waals surface area (Å²) in [7, 11) is 0. The zero-order chi connectivity index (χ0) is 39.6. The third kappa shape index (κ3) is 5.70. The summed E-state index contributed by atoms with van der Waals surface area (Å²) in [5.41, 5.74) is 14.3. The number of aromatic nitrogens is 3. The van der Waals surface area contributed by atoms with E-state index in [0.29, 0.717) is 5.82 Å². The average molecular weight is 784 g/mol. The maximum absolute atomic E-state index is 6.76. The van der Waals surface area contributed by atoms with Crippen LogP contribution in [0.2, 0.25) is 0 Å². The number of hydrogen-bond acceptors (Lipinski definition) is 5. The first kappa shape index (κ1) is 34.3. The monoisotopic (exact) mass is 783 g/mol. The number of nitrogens with zero attached hydrogens (tertiary/aromatic N) is 3. The van der Waals surface area contributed by atoms with E-state index in [0.717, 1.165) is 88.7 Å². The second-order valence-electron chi connectivity index (χ2n) is 15.1. The van der Waals surface area contributed by atoms with E-state index in [4.69, 9.17) is 14.4 Å². The number of pyridine rings is 1. The molecule has 280 valence electrons. The Balaban J connectivity index is 0.955. The molecule has 0 amide bonds. The smallest absolute Gasteiger partial charge is 0.160 e. The highest BCUT2D eigenvalue weighted by atomic mass is 32.1. The minimum atomic E-state index is 0.678. The van der Waals surface area contributed by atoms with Gasteiger partial charge in [-0.25, -0.2) is 9.97 Å². The highest BCUT2D eigenvalue weighted by Gasteiger charge is 2.20. The third-order valence-corrected chi connectivity index (χ3v) is 12.8. The summed E-state index contributed by atoms with van der Waals surface area (Å²) in [5.74, 6) is 0.678. The van der Waals surface area contributed by atoms with E-state index in [1.807, 2.05) is 47.9 Å². The van der Waals surface area contributed by atoms with Gasteiger partial charge in [-0.2, -0.15) is 0 Å². The second kappa shape index (κ2) is 14.0. The van der Waals surface area contributed by atoms with Crippen LogP contribution in [0.5, 0.6) is 0 Å². The molecule has 0 aliphatic heterocycles. The number of rotatable bonds is 6. The fourth-order valence-corrected chi connectivity index (χ4v) is 9.92. The Morgan fingerprint density at radius 3 is 1.83 bits per heavy atom. The predicted octanol–water partition coefficient (Wildman–Crippen LogP) is 15.3. The molecular weight excluding hydrogens is 751 g/mol. The molecule has 4 heterocycles. The molecule has 0 N–H and O–H groups in total. The molecule has 0 radical (unpaired) electrons. The van der Waals surface area contributed by atoms with E-state index in [9.17, 15) is 0 Å². The van der Waals surface area contributed by atoms with Crippen molar-refractivity contribution in [2.45, 2.75) is 0 Å². The minimum Gasteiger partial charge on any atom is -0.455 e. The van der Waals surface area contributed by atoms with E-state index < -0.39 is 0 Å². The largest absolute Gasteiger partial charge is 0.455 e. The van der Waals surface area contributed by atoms with Gasteiger partial charge < -0.3 is 4.42 Å². The van der Waals surface area contributed by atoms with Crippen LogP contribution in [0.1, 0.15) is 0 Å². The van der Waals surface area contributed by atoms with E-state index in [2.05, 4.69) is 169 Å². The lowest BCUT2D eigenvalue weighted by Gasteiger charge is -2.12. The topological polar surface area (TPSA) is 51.8 Å². The molecule has 0 aliphatic carbocycles. The van der Waals surface area contributed by atoms with Gasteiger partial charge in [0.15, 0.2) is 5.82 Å². The summed E-state index contributed by atoms with van der Waals surface area (Å²) in [6.45, 7) is 0. The first-order chi connectivity index (χ1) is 29.7. The zero-order valence-electron chi connectivity index (χ0n) is 32.2. The minimum absolute atomic E-state index is 0.678. The van der Waals surface area contributed by atoms with Gasteiger partial charge in [0.25, 0.3) is 0 Å². The van der Waals surface area contributed by atoms with E-state index >= 15 is 0 Å². The van der Waals surface area contributed by atoms with Gasteiger partial charge in [0.05, 0.1) is 16.9 Å². The van der Waals surface area contributed by atoms with Crippen molar-refractivity contribution >= 4 is 64.4 Å². The van der Waals surface area contributed by atoms with E-state index in [-0.39, 0.29) is 0 Å². The maximum atomic E-state index is 6.76. The molecule has 0 atom stereocenters. The summed E-state index contributed by atoms with van der Waals surface area (Å²) in [6.07, 6.45) is 1.87. The quantitative estimate of drug-likeness (QED) is 0.169. The SMILES string of the molecule is c1ccc(-c2cc(-c3ccc(-c4ccc(-c5cccc6c5sc5ccccc56)c5oc6ccccc6c45)cc3)nc(-c3ccc(-c4ccnc5ccccc45)cc3)n2)cc1. The average Bonchev–Trinajstić information content (AvgIpc) is 3.91. The molecule has 0 bridgehead atoms. The van der Waals surface area contributed by atoms with Crippen LogP contribution in [-0.4, -0.2) is 15.0 Å². The van der Waals surface area contributed by atoms with Crippen LogP contribution in [0.25, 0.3) is 120 Å². The molecule has 60 heavy (non-hydrogen) atoms. The maximum Gasteiger partial charge on any atom is 0.160 e. The summed E-state index contributed by atoms with van der Waals surface area (Å²) in [5, 5.41) is 5.91. The van der Waals surface area contributed by atoms with Crippen molar-refractivity contribution in [3.63, 3.8) is 0 Å². The molecule has 0 unspecified atom stereocenters. The fraction of sp³-hybridized carbons (Fsp3) is 0. The molecule has 4 aromatic heterocycles. The summed E-state index contributed by atoms with van der Waals surface area (Å²) < 4.78 is 9.32. The molecule has 0 aliphatic rings. The van der Waals surface area contributed by atoms with Crippen LogP contribution in [0.15, 0.2) is 205 Å². The molecule has 8 aromatic carbocycles. The van der Waals surface area contributed by atoms with Crippen LogP contribution in [0.3, 0.4) is 0 Å². The fourth-order valence-electron chi connectivity index (χ4n) is 8.69. The van der Waals surface area contributed by atoms with Crippen molar-refractivity contribution in [1.29, 1.82) is 0 Å². The highest BCUT2D eigenvalue weighted by Crippen LogP contribution is 2.46. The van der Waals surface area contributed by atoms with Gasteiger partial charge in [0.2, 0.25) is 0 Å². The molecule has 0 fully saturated rings. The zero-order valence-corrected chi connectivity index (χ0v) is 33.0. The Morgan fingerprint density at radius 2 is 1.02 bits per heavy atom. The van der Waals surface area contributed by atoms with E-state index in [1.165, 1.54) is 25.7 Å². The van der Waals surface area contributed by atoms with Gasteiger partial charge in [0.1, 0.15) is 11.2 Å². The lowest BCUT2D eigenvalue weighted by Crippen LogP contribution is -1.96. The summed E-state index contributed by atoms with van der Waals surface area (Å²) in [4.78, 5) is 14.9. The van der Waals surface area contributed by atoms with Gasteiger partial charge in [-0.1, -0.05) is 158 Å². The predicted molar refractivity (Wildman–Crippen MR) is 250 cm³/mol. The van der Waals surface area contributed by atoms with Crippen LogP contribution < -0.4 is 0 Å². The standard InChI is InChI=1S/C55H33N3OS/c1-2-11-36(12-3-1)48-33-49(58-55(57-48)38-27-23-34(24-28-38)39-31-32-56-47-18-7-4-13-41(39)47)37-25-21-35(22-26-37)40-29-30-43(53-52(40)46-15-5-8-19-50(46)59-53)45-17-10-16-44-42-14-6-9-20-51(42)60-54(44)45/h1-33H. The van der Waals surface area contributed by atoms with Crippen LogP contribution in [0, 0.1) is 0 Å². The second-order valence-corrected chi connectivity index (χ2v) is 16.2. The summed E-state index contributed by atoms with van der Waals surface area (Å²) in [6, 6.07) is 68.2. The molecule has 12 rings (SSSR count). The van der Waals surface area contributed by atoms with Gasteiger partial charge in [-0.05, 0) is 58.7 Å². The number of para-hydroxylation sites is 2. The van der Waals surface area contributed by atoms with Crippen molar-refractivity contribution in [2.75, 3.05) is 0 Å². The van der Waals surface area contributed by atoms with Crippen molar-refractivity contribution < 1.29 is 4.42 Å². The molecular formula is C55H33N3OS. The Hall–Kier alpha value is -7.73. The molecule has 12 aromatic rings. The van der Waals surface area contributed by atoms with Gasteiger partial charge in [0, 0.05) is 70.3 Å². The van der Waals surface area contributed by atoms with Crippen LogP contribution in [0.4, 0.5) is 0 Å². The lowest BCUT2D eigenvalue weighted by atomic mass is 9.93. The molecule has 0 saturated carbocycles. The highest BCUT2D eigenvalue weighted by molar-refractivity contribution is 7.26. The first-order valence-electron chi connectivity index (χ1n) is 20.1.